The third-order valence-corrected chi connectivity index (χ3v) is 4.74. The molecule has 1 aliphatic heterocycles. The van der Waals surface area contributed by atoms with E-state index in [1.54, 1.807) is 11.3 Å². The Morgan fingerprint density at radius 3 is 2.47 bits per heavy atom. The van der Waals surface area contributed by atoms with Crippen LogP contribution in [0.4, 0.5) is 0 Å². The van der Waals surface area contributed by atoms with Gasteiger partial charge in [0.15, 0.2) is 0 Å². The van der Waals surface area contributed by atoms with E-state index >= 15 is 0 Å². The highest BCUT2D eigenvalue weighted by atomic mass is 32.1. The van der Waals surface area contributed by atoms with Crippen LogP contribution >= 0.6 is 11.3 Å². The maximum absolute atomic E-state index is 12.3. The summed E-state index contributed by atoms with van der Waals surface area (Å²) in [6.45, 7) is 9.02. The fourth-order valence-electron chi connectivity index (χ4n) is 2.66. The van der Waals surface area contributed by atoms with Crippen molar-refractivity contribution in [1.29, 1.82) is 0 Å². The summed E-state index contributed by atoms with van der Waals surface area (Å²) in [4.78, 5) is 16.8. The van der Waals surface area contributed by atoms with E-state index in [9.17, 15) is 4.79 Å². The average molecular weight is 280 g/mol. The van der Waals surface area contributed by atoms with Gasteiger partial charge in [-0.25, -0.2) is 0 Å². The van der Waals surface area contributed by atoms with Crippen molar-refractivity contribution in [2.45, 2.75) is 33.2 Å². The molecule has 0 bridgehead atoms. The van der Waals surface area contributed by atoms with E-state index in [1.807, 2.05) is 0 Å². The number of carbonyl (C=O) groups excluding carboxylic acids is 1. The van der Waals surface area contributed by atoms with Gasteiger partial charge in [0.1, 0.15) is 0 Å². The molecular formula is C15H24N2OS. The van der Waals surface area contributed by atoms with E-state index in [0.29, 0.717) is 5.91 Å². The van der Waals surface area contributed by atoms with Gasteiger partial charge in [-0.3, -0.25) is 9.69 Å². The third kappa shape index (κ3) is 3.80. The molecule has 1 aliphatic rings. The van der Waals surface area contributed by atoms with Gasteiger partial charge in [-0.05, 0) is 35.2 Å². The van der Waals surface area contributed by atoms with Crippen LogP contribution in [0.15, 0.2) is 16.8 Å². The highest BCUT2D eigenvalue weighted by Gasteiger charge is 2.25. The largest absolute Gasteiger partial charge is 0.340 e. The van der Waals surface area contributed by atoms with E-state index < -0.39 is 0 Å². The lowest BCUT2D eigenvalue weighted by molar-refractivity contribution is -0.137. The van der Waals surface area contributed by atoms with Crippen LogP contribution < -0.4 is 0 Å². The van der Waals surface area contributed by atoms with Crippen molar-refractivity contribution in [2.75, 3.05) is 26.2 Å². The Balaban J connectivity index is 1.80. The predicted molar refractivity (Wildman–Crippen MR) is 80.2 cm³/mol. The van der Waals surface area contributed by atoms with Gasteiger partial charge in [0.2, 0.25) is 5.91 Å². The maximum Gasteiger partial charge on any atom is 0.225 e. The summed E-state index contributed by atoms with van der Waals surface area (Å²) in [6, 6.07) is 2.19. The van der Waals surface area contributed by atoms with Gasteiger partial charge in [-0.1, -0.05) is 13.8 Å². The van der Waals surface area contributed by atoms with Gasteiger partial charge in [0.05, 0.1) is 0 Å². The van der Waals surface area contributed by atoms with Gasteiger partial charge >= 0.3 is 0 Å². The van der Waals surface area contributed by atoms with Crippen molar-refractivity contribution in [3.8, 4) is 0 Å². The quantitative estimate of drug-likeness (QED) is 0.828. The lowest BCUT2D eigenvalue weighted by atomic mass is 10.0. The molecule has 0 aliphatic carbocycles. The Morgan fingerprint density at radius 2 is 1.95 bits per heavy atom. The van der Waals surface area contributed by atoms with E-state index in [4.69, 9.17) is 0 Å². The van der Waals surface area contributed by atoms with Crippen LogP contribution in [0.2, 0.25) is 0 Å². The monoisotopic (exact) mass is 280 g/mol. The number of piperazine rings is 1. The Kier molecular flexibility index (Phi) is 5.40. The molecule has 0 aromatic carbocycles. The first-order valence-corrected chi connectivity index (χ1v) is 8.21. The Labute approximate surface area is 120 Å². The second-order valence-corrected chi connectivity index (χ2v) is 6.03. The zero-order valence-corrected chi connectivity index (χ0v) is 12.8. The highest BCUT2D eigenvalue weighted by Crippen LogP contribution is 2.15. The van der Waals surface area contributed by atoms with Crippen molar-refractivity contribution < 1.29 is 4.79 Å². The summed E-state index contributed by atoms with van der Waals surface area (Å²) in [5.74, 6) is 0.587. The zero-order chi connectivity index (χ0) is 13.7. The van der Waals surface area contributed by atoms with Gasteiger partial charge in [0, 0.05) is 38.6 Å². The molecule has 0 radical (unpaired) electrons. The van der Waals surface area contributed by atoms with Crippen LogP contribution in [0, 0.1) is 5.92 Å². The molecule has 4 heteroatoms. The standard InChI is InChI=1S/C15H24N2OS/c1-3-14(4-2)15(18)17-8-6-16(7-9-17)11-13-5-10-19-12-13/h5,10,12,14H,3-4,6-9,11H2,1-2H3. The smallest absolute Gasteiger partial charge is 0.225 e. The lowest BCUT2D eigenvalue weighted by Gasteiger charge is -2.36. The molecule has 3 nitrogen and oxygen atoms in total. The van der Waals surface area contributed by atoms with Crippen LogP contribution in [0.25, 0.3) is 0 Å². The molecule has 1 saturated heterocycles. The molecule has 0 spiro atoms. The van der Waals surface area contributed by atoms with Crippen LogP contribution in [-0.2, 0) is 11.3 Å². The minimum atomic E-state index is 0.225. The van der Waals surface area contributed by atoms with Crippen molar-refractivity contribution in [1.82, 2.24) is 9.80 Å². The number of thiophene rings is 1. The van der Waals surface area contributed by atoms with Crippen molar-refractivity contribution in [3.63, 3.8) is 0 Å². The summed E-state index contributed by atoms with van der Waals surface area (Å²) >= 11 is 1.75. The summed E-state index contributed by atoms with van der Waals surface area (Å²) in [7, 11) is 0. The zero-order valence-electron chi connectivity index (χ0n) is 12.0. The maximum atomic E-state index is 12.3. The third-order valence-electron chi connectivity index (χ3n) is 4.01. The number of hydrogen-bond donors (Lipinski definition) is 0. The Morgan fingerprint density at radius 1 is 1.26 bits per heavy atom. The van der Waals surface area contributed by atoms with Gasteiger partial charge in [-0.2, -0.15) is 11.3 Å². The number of carbonyl (C=O) groups is 1. The van der Waals surface area contributed by atoms with Crippen LogP contribution in [0.3, 0.4) is 0 Å². The van der Waals surface area contributed by atoms with E-state index in [1.165, 1.54) is 5.56 Å². The number of amides is 1. The van der Waals surface area contributed by atoms with Crippen molar-refractivity contribution in [3.05, 3.63) is 22.4 Å². The first kappa shape index (κ1) is 14.5. The van der Waals surface area contributed by atoms with Crippen LogP contribution in [0.1, 0.15) is 32.3 Å². The Bertz CT molecular complexity index is 379. The molecule has 1 fully saturated rings. The second kappa shape index (κ2) is 7.06. The normalized spacial score (nSPS) is 17.1. The van der Waals surface area contributed by atoms with E-state index in [0.717, 1.165) is 45.6 Å². The molecule has 2 heterocycles. The minimum Gasteiger partial charge on any atom is -0.340 e. The average Bonchev–Trinajstić information content (AvgIpc) is 2.94. The van der Waals surface area contributed by atoms with Gasteiger partial charge in [0.25, 0.3) is 0 Å². The molecule has 1 amide bonds. The van der Waals surface area contributed by atoms with Crippen molar-refractivity contribution in [2.24, 2.45) is 5.92 Å². The summed E-state index contributed by atoms with van der Waals surface area (Å²) < 4.78 is 0. The summed E-state index contributed by atoms with van der Waals surface area (Å²) in [5.41, 5.74) is 1.39. The second-order valence-electron chi connectivity index (χ2n) is 5.25. The molecule has 2 rings (SSSR count). The summed E-state index contributed by atoms with van der Waals surface area (Å²) in [6.07, 6.45) is 1.93. The highest BCUT2D eigenvalue weighted by molar-refractivity contribution is 7.07. The minimum absolute atomic E-state index is 0.225. The fourth-order valence-corrected chi connectivity index (χ4v) is 3.32. The first-order chi connectivity index (χ1) is 9.24. The fraction of sp³-hybridized carbons (Fsp3) is 0.667. The van der Waals surface area contributed by atoms with E-state index in [-0.39, 0.29) is 5.92 Å². The SMILES string of the molecule is CCC(CC)C(=O)N1CCN(Cc2ccsc2)CC1. The van der Waals surface area contributed by atoms with Crippen LogP contribution in [0.5, 0.6) is 0 Å². The predicted octanol–water partition coefficient (Wildman–Crippen LogP) is 2.83. The molecule has 0 unspecified atom stereocenters. The first-order valence-electron chi connectivity index (χ1n) is 7.26. The van der Waals surface area contributed by atoms with Gasteiger partial charge in [-0.15, -0.1) is 0 Å². The molecule has 106 valence electrons. The number of nitrogens with zero attached hydrogens (tertiary/aromatic N) is 2. The lowest BCUT2D eigenvalue weighted by Crippen LogP contribution is -2.49. The topological polar surface area (TPSA) is 23.6 Å². The molecule has 0 N–H and O–H groups in total. The number of hydrogen-bond acceptors (Lipinski definition) is 3. The molecule has 0 atom stereocenters. The summed E-state index contributed by atoms with van der Waals surface area (Å²) in [5, 5.41) is 4.34. The molecule has 1 aromatic rings. The molecule has 0 saturated carbocycles. The van der Waals surface area contributed by atoms with E-state index in [2.05, 4.69) is 40.5 Å². The molecule has 1 aromatic heterocycles. The van der Waals surface area contributed by atoms with Crippen LogP contribution in [-0.4, -0.2) is 41.9 Å². The number of rotatable bonds is 5. The van der Waals surface area contributed by atoms with Gasteiger partial charge < -0.3 is 4.90 Å². The molecule has 19 heavy (non-hydrogen) atoms. The molecular weight excluding hydrogens is 256 g/mol. The Hall–Kier alpha value is -0.870. The van der Waals surface area contributed by atoms with Crippen molar-refractivity contribution >= 4 is 17.2 Å².